The van der Waals surface area contributed by atoms with Crippen molar-refractivity contribution in [1.82, 2.24) is 14.7 Å². The van der Waals surface area contributed by atoms with Crippen LogP contribution in [-0.4, -0.2) is 56.5 Å². The quantitative estimate of drug-likeness (QED) is 0.507. The van der Waals surface area contributed by atoms with Crippen LogP contribution in [0.5, 0.6) is 6.01 Å². The second kappa shape index (κ2) is 11.0. The third-order valence-corrected chi connectivity index (χ3v) is 6.91. The van der Waals surface area contributed by atoms with Gasteiger partial charge in [0.05, 0.1) is 13.0 Å². The van der Waals surface area contributed by atoms with Crippen molar-refractivity contribution in [1.29, 1.82) is 0 Å². The smallest absolute Gasteiger partial charge is 0.467 e. The molecule has 0 saturated carbocycles. The second-order valence-electron chi connectivity index (χ2n) is 7.71. The van der Waals surface area contributed by atoms with Crippen LogP contribution in [0.4, 0.5) is 24.8 Å². The van der Waals surface area contributed by atoms with E-state index in [1.165, 1.54) is 7.11 Å². The number of hydrogen-bond acceptors (Lipinski definition) is 8. The molecule has 3 rings (SSSR count). The molecule has 1 fully saturated rings. The summed E-state index contributed by atoms with van der Waals surface area (Å²) in [5.41, 5.74) is -4.70. The minimum Gasteiger partial charge on any atom is -0.467 e. The lowest BCUT2D eigenvalue weighted by Gasteiger charge is -2.33. The molecule has 9 nitrogen and oxygen atoms in total. The molecule has 1 amide bonds. The molecule has 1 unspecified atom stereocenters. The molecule has 15 heteroatoms. The fraction of sp³-hybridized carbons (Fsp3) is 0.450. The molecule has 35 heavy (non-hydrogen) atoms. The Bertz CT molecular complexity index is 1180. The van der Waals surface area contributed by atoms with E-state index in [0.29, 0.717) is 47.6 Å². The summed E-state index contributed by atoms with van der Waals surface area (Å²) < 4.78 is 66.7. The Morgan fingerprint density at radius 2 is 2.00 bits per heavy atom. The van der Waals surface area contributed by atoms with Crippen molar-refractivity contribution >= 4 is 50.8 Å². The largest absolute Gasteiger partial charge is 0.516 e. The number of carbonyl (C=O) groups excluding carboxylic acids is 1. The van der Waals surface area contributed by atoms with Crippen LogP contribution in [0.15, 0.2) is 24.3 Å². The molecule has 1 aliphatic heterocycles. The second-order valence-corrected chi connectivity index (χ2v) is 10.2. The van der Waals surface area contributed by atoms with Gasteiger partial charge in [0.25, 0.3) is 0 Å². The van der Waals surface area contributed by atoms with E-state index in [0.717, 1.165) is 10.3 Å². The molecular formula is C20H22Cl2F3N5O4S. The minimum absolute atomic E-state index is 0.0286. The van der Waals surface area contributed by atoms with E-state index < -0.39 is 27.4 Å². The van der Waals surface area contributed by atoms with Gasteiger partial charge in [0, 0.05) is 35.7 Å². The third kappa shape index (κ3) is 7.01. The number of ether oxygens (including phenoxy) is 1. The van der Waals surface area contributed by atoms with Gasteiger partial charge >= 0.3 is 21.5 Å². The van der Waals surface area contributed by atoms with Gasteiger partial charge in [-0.25, -0.2) is 4.72 Å². The standard InChI is InChI=1S/C20H22Cl2F3N5O4S/c1-34-19-27-16(26-7-6-12-4-5-14(21)9-15(12)22)10-17(28-19)30-8-2-3-13(11-30)18(31)29-35(32,33)20(23,24)25/h4-5,9-10,13H,2-3,6-8,11H2,1H3,(H,29,31)(H,26,27,28). The first kappa shape index (κ1) is 27.1. The van der Waals surface area contributed by atoms with Gasteiger partial charge in [-0.15, -0.1) is 0 Å². The van der Waals surface area contributed by atoms with Crippen molar-refractivity contribution < 1.29 is 31.1 Å². The van der Waals surface area contributed by atoms with Crippen LogP contribution in [-0.2, 0) is 21.2 Å². The average Bonchev–Trinajstić information content (AvgIpc) is 2.79. The van der Waals surface area contributed by atoms with Crippen LogP contribution in [0.25, 0.3) is 0 Å². The zero-order valence-electron chi connectivity index (χ0n) is 18.4. The zero-order valence-corrected chi connectivity index (χ0v) is 20.7. The maximum Gasteiger partial charge on any atom is 0.516 e. The number of halogens is 5. The first-order valence-electron chi connectivity index (χ1n) is 10.4. The normalized spacial score (nSPS) is 16.6. The fourth-order valence-electron chi connectivity index (χ4n) is 3.48. The Balaban J connectivity index is 1.69. The van der Waals surface area contributed by atoms with Gasteiger partial charge in [0.1, 0.15) is 11.6 Å². The molecule has 1 aromatic carbocycles. The fourth-order valence-corrected chi connectivity index (χ4v) is 4.53. The molecule has 0 radical (unpaired) electrons. The summed E-state index contributed by atoms with van der Waals surface area (Å²) in [5.74, 6) is -1.40. The highest BCUT2D eigenvalue weighted by Gasteiger charge is 2.47. The van der Waals surface area contributed by atoms with Crippen LogP contribution in [0.2, 0.25) is 10.0 Å². The number of piperidine rings is 1. The number of amides is 1. The Hall–Kier alpha value is -2.51. The maximum absolute atomic E-state index is 12.6. The molecule has 1 saturated heterocycles. The van der Waals surface area contributed by atoms with Crippen molar-refractivity contribution in [2.24, 2.45) is 5.92 Å². The van der Waals surface area contributed by atoms with Gasteiger partial charge in [-0.1, -0.05) is 29.3 Å². The third-order valence-electron chi connectivity index (χ3n) is 5.25. The molecule has 1 atom stereocenters. The number of nitrogens with one attached hydrogen (secondary N) is 2. The Kier molecular flexibility index (Phi) is 8.54. The summed E-state index contributed by atoms with van der Waals surface area (Å²) in [6, 6.07) is 6.85. The van der Waals surface area contributed by atoms with E-state index in [1.807, 2.05) is 6.07 Å². The maximum atomic E-state index is 12.6. The van der Waals surface area contributed by atoms with E-state index in [4.69, 9.17) is 27.9 Å². The van der Waals surface area contributed by atoms with Crippen molar-refractivity contribution in [2.75, 3.05) is 37.0 Å². The van der Waals surface area contributed by atoms with Gasteiger partial charge < -0.3 is 15.0 Å². The van der Waals surface area contributed by atoms with E-state index in [-0.39, 0.29) is 19.0 Å². The van der Waals surface area contributed by atoms with E-state index in [1.54, 1.807) is 23.1 Å². The van der Waals surface area contributed by atoms with Crippen LogP contribution in [0.3, 0.4) is 0 Å². The van der Waals surface area contributed by atoms with E-state index in [2.05, 4.69) is 15.3 Å². The van der Waals surface area contributed by atoms with Crippen molar-refractivity contribution in [3.63, 3.8) is 0 Å². The first-order valence-corrected chi connectivity index (χ1v) is 12.6. The van der Waals surface area contributed by atoms with Crippen LogP contribution < -0.4 is 19.7 Å². The number of carbonyl (C=O) groups is 1. The molecule has 2 heterocycles. The minimum atomic E-state index is -5.77. The number of benzene rings is 1. The Morgan fingerprint density at radius 3 is 2.66 bits per heavy atom. The summed E-state index contributed by atoms with van der Waals surface area (Å²) in [7, 11) is -4.40. The molecule has 192 valence electrons. The number of hydrogen-bond donors (Lipinski definition) is 2. The molecule has 0 aliphatic carbocycles. The first-order chi connectivity index (χ1) is 16.4. The van der Waals surface area contributed by atoms with Crippen LogP contribution in [0, 0.1) is 5.92 Å². The van der Waals surface area contributed by atoms with Gasteiger partial charge in [-0.05, 0) is 37.0 Å². The predicted molar refractivity (Wildman–Crippen MR) is 125 cm³/mol. The number of sulfonamides is 1. The molecule has 1 aliphatic rings. The Morgan fingerprint density at radius 1 is 1.26 bits per heavy atom. The molecule has 2 N–H and O–H groups in total. The Labute approximate surface area is 210 Å². The van der Waals surface area contributed by atoms with Crippen LogP contribution >= 0.6 is 23.2 Å². The number of aromatic nitrogens is 2. The lowest BCUT2D eigenvalue weighted by atomic mass is 9.97. The number of rotatable bonds is 8. The number of nitrogens with zero attached hydrogens (tertiary/aromatic N) is 3. The highest BCUT2D eigenvalue weighted by atomic mass is 35.5. The number of anilines is 2. The van der Waals surface area contributed by atoms with E-state index >= 15 is 0 Å². The lowest BCUT2D eigenvalue weighted by molar-refractivity contribution is -0.124. The van der Waals surface area contributed by atoms with Gasteiger partial charge in [-0.3, -0.25) is 4.79 Å². The summed E-state index contributed by atoms with van der Waals surface area (Å²) in [6.45, 7) is 0.885. The van der Waals surface area contributed by atoms with Gasteiger partial charge in [-0.2, -0.15) is 31.6 Å². The summed E-state index contributed by atoms with van der Waals surface area (Å²) in [4.78, 5) is 22.4. The highest BCUT2D eigenvalue weighted by molar-refractivity contribution is 7.90. The highest BCUT2D eigenvalue weighted by Crippen LogP contribution is 2.27. The number of methoxy groups -OCH3 is 1. The van der Waals surface area contributed by atoms with Crippen molar-refractivity contribution in [3.05, 3.63) is 39.9 Å². The van der Waals surface area contributed by atoms with Crippen molar-refractivity contribution in [2.45, 2.75) is 24.8 Å². The van der Waals surface area contributed by atoms with E-state index in [9.17, 15) is 26.4 Å². The monoisotopic (exact) mass is 555 g/mol. The summed E-state index contributed by atoms with van der Waals surface area (Å²) >= 11 is 12.1. The average molecular weight is 556 g/mol. The topological polar surface area (TPSA) is 114 Å². The molecule has 1 aromatic heterocycles. The van der Waals surface area contributed by atoms with Gasteiger partial charge in [0.2, 0.25) is 5.91 Å². The van der Waals surface area contributed by atoms with Crippen molar-refractivity contribution in [3.8, 4) is 6.01 Å². The molecule has 2 aromatic rings. The molecular weight excluding hydrogens is 534 g/mol. The SMILES string of the molecule is COc1nc(NCCc2ccc(Cl)cc2Cl)cc(N2CCCC(C(=O)NS(=O)(=O)C(F)(F)F)C2)n1. The zero-order chi connectivity index (χ0) is 25.8. The number of alkyl halides is 3. The summed E-state index contributed by atoms with van der Waals surface area (Å²) in [6.07, 6.45) is 1.23. The molecule has 0 spiro atoms. The predicted octanol–water partition coefficient (Wildman–Crippen LogP) is 3.63. The lowest BCUT2D eigenvalue weighted by Crippen LogP contribution is -2.47. The molecule has 0 bridgehead atoms. The summed E-state index contributed by atoms with van der Waals surface area (Å²) in [5, 5.41) is 4.20. The van der Waals surface area contributed by atoms with Crippen LogP contribution in [0.1, 0.15) is 18.4 Å². The van der Waals surface area contributed by atoms with Gasteiger partial charge in [0.15, 0.2) is 0 Å².